The molecule has 0 unspecified atom stereocenters. The van der Waals surface area contributed by atoms with Crippen molar-refractivity contribution in [1.29, 1.82) is 0 Å². The molecule has 108 valence electrons. The molecule has 0 aliphatic heterocycles. The number of halogens is 2. The van der Waals surface area contributed by atoms with E-state index < -0.39 is 0 Å². The van der Waals surface area contributed by atoms with Gasteiger partial charge >= 0.3 is 5.97 Å². The zero-order valence-corrected chi connectivity index (χ0v) is 13.3. The highest BCUT2D eigenvalue weighted by Crippen LogP contribution is 2.34. The minimum Gasteiger partial charge on any atom is -0.461 e. The van der Waals surface area contributed by atoms with E-state index in [-0.39, 0.29) is 12.6 Å². The Morgan fingerprint density at radius 3 is 2.90 bits per heavy atom. The van der Waals surface area contributed by atoms with Gasteiger partial charge in [-0.15, -0.1) is 0 Å². The van der Waals surface area contributed by atoms with E-state index in [1.54, 1.807) is 13.0 Å². The molecule has 0 saturated heterocycles. The van der Waals surface area contributed by atoms with E-state index in [1.807, 2.05) is 6.07 Å². The van der Waals surface area contributed by atoms with Gasteiger partial charge in [0.05, 0.1) is 21.6 Å². The summed E-state index contributed by atoms with van der Waals surface area (Å²) in [6, 6.07) is 3.65. The molecular weight excluding hydrogens is 346 g/mol. The van der Waals surface area contributed by atoms with Crippen LogP contribution in [0.4, 0.5) is 0 Å². The van der Waals surface area contributed by atoms with Gasteiger partial charge < -0.3 is 14.8 Å². The highest BCUT2D eigenvalue weighted by molar-refractivity contribution is 9.10. The van der Waals surface area contributed by atoms with Crippen LogP contribution in [0.2, 0.25) is 5.02 Å². The number of H-pyrrole nitrogens is 1. The fraction of sp³-hybridized carbons (Fsp3) is 0.357. The summed E-state index contributed by atoms with van der Waals surface area (Å²) in [5.41, 5.74) is 2.05. The Morgan fingerprint density at radius 1 is 1.50 bits per heavy atom. The molecule has 0 radical (unpaired) electrons. The summed E-state index contributed by atoms with van der Waals surface area (Å²) >= 11 is 9.49. The number of aromatic amines is 1. The second-order valence-corrected chi connectivity index (χ2v) is 5.51. The average molecular weight is 361 g/mol. The van der Waals surface area contributed by atoms with Gasteiger partial charge in [0.2, 0.25) is 0 Å². The Balaban J connectivity index is 2.59. The fourth-order valence-corrected chi connectivity index (χ4v) is 2.75. The van der Waals surface area contributed by atoms with Crippen LogP contribution in [0.3, 0.4) is 0 Å². The Bertz CT molecular complexity index is 639. The van der Waals surface area contributed by atoms with E-state index in [0.717, 1.165) is 20.9 Å². The highest BCUT2D eigenvalue weighted by atomic mass is 79.9. The topological polar surface area (TPSA) is 62.3 Å². The van der Waals surface area contributed by atoms with E-state index in [0.29, 0.717) is 30.2 Å². The lowest BCUT2D eigenvalue weighted by molar-refractivity contribution is 0.0519. The molecule has 2 N–H and O–H groups in total. The van der Waals surface area contributed by atoms with Gasteiger partial charge in [-0.25, -0.2) is 4.79 Å². The maximum Gasteiger partial charge on any atom is 0.355 e. The van der Waals surface area contributed by atoms with Crippen LogP contribution in [-0.2, 0) is 11.2 Å². The Kier molecular flexibility index (Phi) is 5.07. The number of carbonyl (C=O) groups is 1. The molecule has 0 fully saturated rings. The number of carbonyl (C=O) groups excluding carboxylic acids is 1. The molecule has 0 spiro atoms. The van der Waals surface area contributed by atoms with Crippen LogP contribution >= 0.6 is 27.5 Å². The van der Waals surface area contributed by atoms with Crippen molar-refractivity contribution in [2.24, 2.45) is 0 Å². The van der Waals surface area contributed by atoms with Gasteiger partial charge in [-0.2, -0.15) is 0 Å². The van der Waals surface area contributed by atoms with Crippen molar-refractivity contribution >= 4 is 44.4 Å². The Morgan fingerprint density at radius 2 is 2.25 bits per heavy atom. The number of aliphatic hydroxyl groups is 1. The molecule has 1 aromatic heterocycles. The van der Waals surface area contributed by atoms with E-state index >= 15 is 0 Å². The first-order valence-corrected chi connectivity index (χ1v) is 7.53. The molecule has 0 saturated carbocycles. The lowest BCUT2D eigenvalue weighted by atomic mass is 10.1. The predicted octanol–water partition coefficient (Wildman–Crippen LogP) is 3.69. The van der Waals surface area contributed by atoms with E-state index in [9.17, 15) is 4.79 Å². The van der Waals surface area contributed by atoms with Crippen LogP contribution in [-0.4, -0.2) is 29.3 Å². The van der Waals surface area contributed by atoms with Gasteiger partial charge in [-0.3, -0.25) is 0 Å². The van der Waals surface area contributed by atoms with Gasteiger partial charge in [-0.05, 0) is 47.3 Å². The molecule has 0 atom stereocenters. The summed E-state index contributed by atoms with van der Waals surface area (Å²) in [6.07, 6.45) is 1.18. The molecular formula is C14H15BrClNO3. The van der Waals surface area contributed by atoms with Crippen molar-refractivity contribution in [1.82, 2.24) is 4.98 Å². The number of nitrogens with one attached hydrogen (secondary N) is 1. The molecule has 2 rings (SSSR count). The number of ether oxygens (including phenoxy) is 1. The van der Waals surface area contributed by atoms with Crippen molar-refractivity contribution in [3.05, 3.63) is 32.9 Å². The number of fused-ring (bicyclic) bond motifs is 1. The molecule has 6 heteroatoms. The fourth-order valence-electron chi connectivity index (χ4n) is 2.15. The van der Waals surface area contributed by atoms with Crippen molar-refractivity contribution < 1.29 is 14.6 Å². The van der Waals surface area contributed by atoms with Gasteiger partial charge in [0, 0.05) is 12.0 Å². The zero-order chi connectivity index (χ0) is 14.7. The molecule has 0 amide bonds. The minimum atomic E-state index is -0.389. The van der Waals surface area contributed by atoms with Crippen LogP contribution in [0, 0.1) is 0 Å². The second-order valence-electron chi connectivity index (χ2n) is 4.31. The number of hydrogen-bond acceptors (Lipinski definition) is 3. The summed E-state index contributed by atoms with van der Waals surface area (Å²) in [4.78, 5) is 15.1. The molecule has 1 heterocycles. The van der Waals surface area contributed by atoms with Gasteiger partial charge in [0.1, 0.15) is 5.69 Å². The van der Waals surface area contributed by atoms with Gasteiger partial charge in [-0.1, -0.05) is 17.7 Å². The number of rotatable bonds is 5. The lowest BCUT2D eigenvalue weighted by Crippen LogP contribution is -2.08. The van der Waals surface area contributed by atoms with Crippen LogP contribution in [0.15, 0.2) is 16.6 Å². The van der Waals surface area contributed by atoms with Crippen LogP contribution in [0.25, 0.3) is 10.9 Å². The first-order chi connectivity index (χ1) is 9.60. The molecule has 0 aliphatic rings. The molecule has 0 bridgehead atoms. The molecule has 4 nitrogen and oxygen atoms in total. The maximum absolute atomic E-state index is 12.0. The number of esters is 1. The molecule has 0 aliphatic carbocycles. The predicted molar refractivity (Wildman–Crippen MR) is 82.4 cm³/mol. The largest absolute Gasteiger partial charge is 0.461 e. The van der Waals surface area contributed by atoms with Crippen molar-refractivity contribution in [3.63, 3.8) is 0 Å². The molecule has 2 aromatic rings. The van der Waals surface area contributed by atoms with E-state index in [2.05, 4.69) is 20.9 Å². The van der Waals surface area contributed by atoms with E-state index in [4.69, 9.17) is 21.4 Å². The normalized spacial score (nSPS) is 11.0. The Labute approximate surface area is 130 Å². The summed E-state index contributed by atoms with van der Waals surface area (Å²) in [6.45, 7) is 2.15. The number of hydrogen-bond donors (Lipinski definition) is 2. The van der Waals surface area contributed by atoms with Crippen LogP contribution in [0.1, 0.15) is 29.4 Å². The zero-order valence-electron chi connectivity index (χ0n) is 11.0. The number of aryl methyl sites for hydroxylation is 1. The quantitative estimate of drug-likeness (QED) is 0.800. The van der Waals surface area contributed by atoms with Crippen LogP contribution < -0.4 is 0 Å². The first-order valence-electron chi connectivity index (χ1n) is 6.36. The monoisotopic (exact) mass is 359 g/mol. The minimum absolute atomic E-state index is 0.0731. The van der Waals surface area contributed by atoms with Gasteiger partial charge in [0.15, 0.2) is 0 Å². The van der Waals surface area contributed by atoms with Gasteiger partial charge in [0.25, 0.3) is 0 Å². The van der Waals surface area contributed by atoms with E-state index in [1.165, 1.54) is 0 Å². The number of aromatic nitrogens is 1. The smallest absolute Gasteiger partial charge is 0.355 e. The number of benzene rings is 1. The summed E-state index contributed by atoms with van der Waals surface area (Å²) < 4.78 is 5.79. The standard InChI is InChI=1S/C14H15BrClNO3/c1-2-20-14(19)13-8(4-3-7-18)9-5-6-10(16)11(15)12(9)17-13/h5-6,17-18H,2-4,7H2,1H3. The molecule has 20 heavy (non-hydrogen) atoms. The average Bonchev–Trinajstić information content (AvgIpc) is 2.80. The third kappa shape index (κ3) is 2.85. The Hall–Kier alpha value is -1.04. The third-order valence-corrected chi connectivity index (χ3v) is 4.40. The van der Waals surface area contributed by atoms with Crippen molar-refractivity contribution in [2.75, 3.05) is 13.2 Å². The highest BCUT2D eigenvalue weighted by Gasteiger charge is 2.20. The molecule has 1 aromatic carbocycles. The third-order valence-electron chi connectivity index (χ3n) is 3.04. The second kappa shape index (κ2) is 6.61. The first kappa shape index (κ1) is 15.4. The summed E-state index contributed by atoms with van der Waals surface area (Å²) in [5, 5.41) is 10.5. The summed E-state index contributed by atoms with van der Waals surface area (Å²) in [5.74, 6) is -0.389. The van der Waals surface area contributed by atoms with Crippen molar-refractivity contribution in [2.45, 2.75) is 19.8 Å². The summed E-state index contributed by atoms with van der Waals surface area (Å²) in [7, 11) is 0. The van der Waals surface area contributed by atoms with Crippen LogP contribution in [0.5, 0.6) is 0 Å². The van der Waals surface area contributed by atoms with Crippen molar-refractivity contribution in [3.8, 4) is 0 Å². The number of aliphatic hydroxyl groups excluding tert-OH is 1. The maximum atomic E-state index is 12.0. The lowest BCUT2D eigenvalue weighted by Gasteiger charge is -2.03. The SMILES string of the molecule is CCOC(=O)c1[nH]c2c(Br)c(Cl)ccc2c1CCCO.